The number of anilines is 2. The highest BCUT2D eigenvalue weighted by atomic mass is 16.5. The maximum absolute atomic E-state index is 12.5. The van der Waals surface area contributed by atoms with Gasteiger partial charge in [-0.3, -0.25) is 14.5 Å². The van der Waals surface area contributed by atoms with E-state index >= 15 is 0 Å². The molecule has 2 aliphatic rings. The normalized spacial score (nSPS) is 16.5. The molecule has 0 saturated heterocycles. The van der Waals surface area contributed by atoms with Crippen LogP contribution in [0.1, 0.15) is 30.5 Å². The molecule has 0 atom stereocenters. The quantitative estimate of drug-likeness (QED) is 0.387. The number of benzene rings is 2. The molecule has 2 aromatic rings. The van der Waals surface area contributed by atoms with Gasteiger partial charge in [-0.1, -0.05) is 32.0 Å². The first kappa shape index (κ1) is 20.9. The van der Waals surface area contributed by atoms with E-state index in [0.29, 0.717) is 37.6 Å². The van der Waals surface area contributed by atoms with E-state index in [0.717, 1.165) is 41.2 Å². The monoisotopic (exact) mass is 421 g/mol. The molecule has 0 aliphatic carbocycles. The van der Waals surface area contributed by atoms with Crippen molar-refractivity contribution in [3.05, 3.63) is 59.2 Å². The molecule has 2 aromatic carbocycles. The van der Waals surface area contributed by atoms with Crippen molar-refractivity contribution in [3.63, 3.8) is 0 Å². The summed E-state index contributed by atoms with van der Waals surface area (Å²) in [5.74, 6) is 0.270. The molecule has 0 unspecified atom stereocenters. The molecule has 2 heterocycles. The fraction of sp³-hybridized carbons (Fsp3) is 0.333. The zero-order valence-electron chi connectivity index (χ0n) is 17.9. The Morgan fingerprint density at radius 2 is 1.97 bits per heavy atom. The fourth-order valence-electron chi connectivity index (χ4n) is 3.86. The van der Waals surface area contributed by atoms with E-state index in [1.54, 1.807) is 0 Å². The second kappa shape index (κ2) is 9.22. The van der Waals surface area contributed by atoms with Crippen molar-refractivity contribution in [1.29, 1.82) is 0 Å². The summed E-state index contributed by atoms with van der Waals surface area (Å²) in [6, 6.07) is 13.6. The molecule has 2 aliphatic heterocycles. The molecular formula is C24H27N3O4. The minimum atomic E-state index is -0.209. The summed E-state index contributed by atoms with van der Waals surface area (Å²) in [6.07, 6.45) is 0. The number of nitrogens with zero attached hydrogens (tertiary/aromatic N) is 1. The number of fused-ring (bicyclic) bond motifs is 2. The van der Waals surface area contributed by atoms with E-state index in [1.165, 1.54) is 0 Å². The van der Waals surface area contributed by atoms with Gasteiger partial charge in [-0.25, -0.2) is 0 Å². The Bertz CT molecular complexity index is 1030. The first-order chi connectivity index (χ1) is 15.1. The highest BCUT2D eigenvalue weighted by molar-refractivity contribution is 6.36. The Hall–Kier alpha value is -3.32. The van der Waals surface area contributed by atoms with E-state index in [-0.39, 0.29) is 11.9 Å². The average molecular weight is 421 g/mol. The summed E-state index contributed by atoms with van der Waals surface area (Å²) < 4.78 is 11.2. The van der Waals surface area contributed by atoms with Gasteiger partial charge in [-0.15, -0.1) is 0 Å². The molecule has 0 spiro atoms. The number of ether oxygens (including phenoxy) is 2. The second-order valence-corrected chi connectivity index (χ2v) is 7.47. The molecule has 4 rings (SSSR count). The van der Waals surface area contributed by atoms with Gasteiger partial charge >= 0.3 is 5.97 Å². The van der Waals surface area contributed by atoms with Crippen LogP contribution in [0, 0.1) is 0 Å². The summed E-state index contributed by atoms with van der Waals surface area (Å²) in [7, 11) is 0. The molecule has 0 bridgehead atoms. The lowest BCUT2D eigenvalue weighted by Gasteiger charge is -2.16. The molecular weight excluding hydrogens is 394 g/mol. The Morgan fingerprint density at radius 3 is 2.77 bits per heavy atom. The summed E-state index contributed by atoms with van der Waals surface area (Å²) in [4.78, 5) is 26.4. The van der Waals surface area contributed by atoms with Gasteiger partial charge in [-0.2, -0.15) is 0 Å². The summed E-state index contributed by atoms with van der Waals surface area (Å²) >= 11 is 0. The smallest absolute Gasteiger partial charge is 0.320 e. The third-order valence-corrected chi connectivity index (χ3v) is 5.56. The summed E-state index contributed by atoms with van der Waals surface area (Å²) in [6.45, 7) is 7.26. The van der Waals surface area contributed by atoms with Crippen LogP contribution in [-0.2, 0) is 25.7 Å². The maximum Gasteiger partial charge on any atom is 0.320 e. The number of carbonyl (C=O) groups excluding carboxylic acids is 2. The van der Waals surface area contributed by atoms with Gasteiger partial charge in [0.15, 0.2) is 0 Å². The van der Waals surface area contributed by atoms with E-state index in [4.69, 9.17) is 9.47 Å². The molecule has 0 aromatic heterocycles. The highest BCUT2D eigenvalue weighted by Crippen LogP contribution is 2.41. The van der Waals surface area contributed by atoms with Crippen LogP contribution in [0.3, 0.4) is 0 Å². The van der Waals surface area contributed by atoms with Crippen molar-refractivity contribution in [2.75, 3.05) is 43.4 Å². The van der Waals surface area contributed by atoms with Gasteiger partial charge < -0.3 is 20.1 Å². The minimum absolute atomic E-state index is 0.141. The first-order valence-corrected chi connectivity index (χ1v) is 10.6. The topological polar surface area (TPSA) is 79.9 Å². The van der Waals surface area contributed by atoms with Crippen molar-refractivity contribution in [2.45, 2.75) is 20.5 Å². The Balaban J connectivity index is 1.39. The lowest BCUT2D eigenvalue weighted by molar-refractivity contribution is -0.144. The van der Waals surface area contributed by atoms with Crippen LogP contribution in [0.2, 0.25) is 0 Å². The molecule has 0 radical (unpaired) electrons. The van der Waals surface area contributed by atoms with Crippen molar-refractivity contribution >= 4 is 34.6 Å². The number of esters is 1. The van der Waals surface area contributed by atoms with Crippen LogP contribution < -0.4 is 10.6 Å². The number of likely N-dealkylation sites (N-methyl/N-ethyl adjacent to an activating group) is 1. The number of hydrogen-bond donors (Lipinski definition) is 2. The van der Waals surface area contributed by atoms with Gasteiger partial charge in [0, 0.05) is 34.6 Å². The zero-order chi connectivity index (χ0) is 21.8. The van der Waals surface area contributed by atoms with Crippen molar-refractivity contribution in [3.8, 4) is 0 Å². The van der Waals surface area contributed by atoms with Crippen LogP contribution in [0.25, 0.3) is 11.3 Å². The number of para-hydroxylation sites is 1. The zero-order valence-corrected chi connectivity index (χ0v) is 17.9. The largest absolute Gasteiger partial charge is 0.487 e. The first-order valence-electron chi connectivity index (χ1n) is 10.6. The summed E-state index contributed by atoms with van der Waals surface area (Å²) in [5.41, 5.74) is 5.12. The van der Waals surface area contributed by atoms with Gasteiger partial charge in [0.2, 0.25) is 0 Å². The average Bonchev–Trinajstić information content (AvgIpc) is 3.34. The Kier molecular flexibility index (Phi) is 6.23. The third-order valence-electron chi connectivity index (χ3n) is 5.56. The number of hydrogen-bond acceptors (Lipinski definition) is 6. The lowest BCUT2D eigenvalue weighted by Crippen LogP contribution is -2.31. The Morgan fingerprint density at radius 1 is 1.16 bits per heavy atom. The SMILES string of the molecule is CCN(CC)CC(=O)OCCNc1ccc2c(c1)CO/C2=C1/C(=O)Nc2ccccc21. The molecule has 0 fully saturated rings. The van der Waals surface area contributed by atoms with Crippen molar-refractivity contribution in [1.82, 2.24) is 4.90 Å². The van der Waals surface area contributed by atoms with Crippen LogP contribution >= 0.6 is 0 Å². The third kappa shape index (κ3) is 4.41. The van der Waals surface area contributed by atoms with Crippen LogP contribution in [0.15, 0.2) is 42.5 Å². The van der Waals surface area contributed by atoms with E-state index in [1.807, 2.05) is 61.2 Å². The van der Waals surface area contributed by atoms with Gasteiger partial charge in [0.25, 0.3) is 5.91 Å². The maximum atomic E-state index is 12.5. The number of amides is 1. The number of rotatable bonds is 8. The molecule has 7 nitrogen and oxygen atoms in total. The second-order valence-electron chi connectivity index (χ2n) is 7.47. The minimum Gasteiger partial charge on any atom is -0.487 e. The fourth-order valence-corrected chi connectivity index (χ4v) is 3.86. The number of nitrogens with one attached hydrogen (secondary N) is 2. The van der Waals surface area contributed by atoms with Crippen LogP contribution in [0.4, 0.5) is 11.4 Å². The molecule has 2 N–H and O–H groups in total. The van der Waals surface area contributed by atoms with Crippen molar-refractivity contribution < 1.29 is 19.1 Å². The van der Waals surface area contributed by atoms with Gasteiger partial charge in [0.1, 0.15) is 19.0 Å². The highest BCUT2D eigenvalue weighted by Gasteiger charge is 2.32. The van der Waals surface area contributed by atoms with Crippen molar-refractivity contribution in [2.24, 2.45) is 0 Å². The van der Waals surface area contributed by atoms with Crippen LogP contribution in [0.5, 0.6) is 0 Å². The molecule has 1 amide bonds. The van der Waals surface area contributed by atoms with E-state index < -0.39 is 0 Å². The predicted octanol–water partition coefficient (Wildman–Crippen LogP) is 3.33. The standard InChI is InChI=1S/C24H27N3O4/c1-3-27(4-2)14-21(28)30-12-11-25-17-9-10-18-16(13-17)15-31-23(18)22-19-7-5-6-8-20(19)26-24(22)29/h5-10,13,25H,3-4,11-12,14-15H2,1-2H3,(H,26,29)/b23-22+. The van der Waals surface area contributed by atoms with Crippen LogP contribution in [-0.4, -0.2) is 49.6 Å². The summed E-state index contributed by atoms with van der Waals surface area (Å²) in [5, 5.41) is 6.17. The number of carbonyl (C=O) groups is 2. The van der Waals surface area contributed by atoms with E-state index in [2.05, 4.69) is 10.6 Å². The molecule has 0 saturated carbocycles. The molecule has 7 heteroatoms. The van der Waals surface area contributed by atoms with E-state index in [9.17, 15) is 9.59 Å². The van der Waals surface area contributed by atoms with Gasteiger partial charge in [0.05, 0.1) is 12.1 Å². The Labute approximate surface area is 182 Å². The predicted molar refractivity (Wildman–Crippen MR) is 120 cm³/mol. The molecule has 31 heavy (non-hydrogen) atoms. The lowest BCUT2D eigenvalue weighted by atomic mass is 10.0. The van der Waals surface area contributed by atoms with Gasteiger partial charge in [-0.05, 0) is 37.4 Å². The molecule has 162 valence electrons.